The van der Waals surface area contributed by atoms with E-state index in [1.165, 1.54) is 0 Å². The SMILES string of the molecule is O=C(O)CN(CC(F)(F)F)c1snc2ccccc12. The molecule has 0 unspecified atom stereocenters. The number of aromatic nitrogens is 1. The van der Waals surface area contributed by atoms with Crippen molar-refractivity contribution in [1.29, 1.82) is 0 Å². The van der Waals surface area contributed by atoms with Gasteiger partial charge in [-0.3, -0.25) is 4.79 Å². The molecule has 0 saturated heterocycles. The van der Waals surface area contributed by atoms with E-state index in [9.17, 15) is 18.0 Å². The van der Waals surface area contributed by atoms with Crippen LogP contribution in [0.2, 0.25) is 0 Å². The first-order chi connectivity index (χ1) is 8.87. The zero-order valence-electron chi connectivity index (χ0n) is 9.52. The van der Waals surface area contributed by atoms with Crippen LogP contribution in [0.4, 0.5) is 18.2 Å². The number of anilines is 1. The summed E-state index contributed by atoms with van der Waals surface area (Å²) < 4.78 is 41.5. The standard InChI is InChI=1S/C11H9F3N2O2S/c12-11(13,14)6-16(5-9(17)18)10-7-3-1-2-4-8(7)15-19-10/h1-4H,5-6H2,(H,17,18). The van der Waals surface area contributed by atoms with E-state index in [4.69, 9.17) is 5.11 Å². The van der Waals surface area contributed by atoms with E-state index < -0.39 is 25.2 Å². The molecule has 2 aromatic rings. The number of carboxylic acids is 1. The Morgan fingerprint density at radius 3 is 2.68 bits per heavy atom. The number of hydrogen-bond acceptors (Lipinski definition) is 4. The fraction of sp³-hybridized carbons (Fsp3) is 0.273. The average Bonchev–Trinajstić information content (AvgIpc) is 2.69. The van der Waals surface area contributed by atoms with Gasteiger partial charge < -0.3 is 10.0 Å². The topological polar surface area (TPSA) is 53.4 Å². The number of fused-ring (bicyclic) bond motifs is 1. The van der Waals surface area contributed by atoms with Crippen LogP contribution in [-0.4, -0.2) is 34.7 Å². The lowest BCUT2D eigenvalue weighted by Gasteiger charge is -2.22. The summed E-state index contributed by atoms with van der Waals surface area (Å²) in [5, 5.41) is 9.47. The van der Waals surface area contributed by atoms with E-state index in [0.29, 0.717) is 10.9 Å². The molecule has 8 heteroatoms. The quantitative estimate of drug-likeness (QED) is 0.940. The number of carbonyl (C=O) groups is 1. The Hall–Kier alpha value is -1.83. The number of benzene rings is 1. The van der Waals surface area contributed by atoms with Crippen molar-refractivity contribution in [2.45, 2.75) is 6.18 Å². The molecule has 0 saturated carbocycles. The molecule has 102 valence electrons. The van der Waals surface area contributed by atoms with Crippen LogP contribution >= 0.6 is 11.5 Å². The minimum atomic E-state index is -4.47. The van der Waals surface area contributed by atoms with Gasteiger partial charge in [-0.1, -0.05) is 12.1 Å². The summed E-state index contributed by atoms with van der Waals surface area (Å²) in [4.78, 5) is 11.5. The van der Waals surface area contributed by atoms with Gasteiger partial charge in [-0.05, 0) is 23.7 Å². The van der Waals surface area contributed by atoms with Crippen molar-refractivity contribution < 1.29 is 23.1 Å². The monoisotopic (exact) mass is 290 g/mol. The Kier molecular flexibility index (Phi) is 3.61. The third-order valence-electron chi connectivity index (χ3n) is 2.35. The lowest BCUT2D eigenvalue weighted by molar-refractivity contribution is -0.136. The van der Waals surface area contributed by atoms with Gasteiger partial charge in [0.25, 0.3) is 0 Å². The largest absolute Gasteiger partial charge is 0.480 e. The van der Waals surface area contributed by atoms with E-state index in [-0.39, 0.29) is 5.00 Å². The second-order valence-corrected chi connectivity index (χ2v) is 4.62. The molecule has 0 fully saturated rings. The summed E-state index contributed by atoms with van der Waals surface area (Å²) in [7, 11) is 0. The molecule has 4 nitrogen and oxygen atoms in total. The first-order valence-corrected chi connectivity index (χ1v) is 6.02. The van der Waals surface area contributed by atoms with E-state index >= 15 is 0 Å². The van der Waals surface area contributed by atoms with Crippen molar-refractivity contribution in [3.05, 3.63) is 24.3 Å². The van der Waals surface area contributed by atoms with Gasteiger partial charge in [0.1, 0.15) is 18.1 Å². The highest BCUT2D eigenvalue weighted by molar-refractivity contribution is 7.11. The molecule has 19 heavy (non-hydrogen) atoms. The Balaban J connectivity index is 2.39. The maximum atomic E-state index is 12.5. The van der Waals surface area contributed by atoms with Gasteiger partial charge in [0.05, 0.1) is 5.52 Å². The van der Waals surface area contributed by atoms with E-state index in [1.54, 1.807) is 24.3 Å². The van der Waals surface area contributed by atoms with Gasteiger partial charge in [0.15, 0.2) is 0 Å². The van der Waals surface area contributed by atoms with Crippen molar-refractivity contribution in [3.63, 3.8) is 0 Å². The summed E-state index contributed by atoms with van der Waals surface area (Å²) in [5.41, 5.74) is 0.556. The summed E-state index contributed by atoms with van der Waals surface area (Å²) in [6, 6.07) is 6.69. The highest BCUT2D eigenvalue weighted by Gasteiger charge is 2.33. The Bertz CT molecular complexity index is 597. The fourth-order valence-electron chi connectivity index (χ4n) is 1.68. The predicted molar refractivity (Wildman–Crippen MR) is 65.5 cm³/mol. The summed E-state index contributed by atoms with van der Waals surface area (Å²) in [6.07, 6.45) is -4.47. The third kappa shape index (κ3) is 3.34. The molecule has 1 aromatic heterocycles. The highest BCUT2D eigenvalue weighted by atomic mass is 32.1. The number of rotatable bonds is 4. The molecule has 1 aromatic carbocycles. The van der Waals surface area contributed by atoms with Crippen LogP contribution in [0.25, 0.3) is 10.9 Å². The Labute approximate surface area is 110 Å². The van der Waals surface area contributed by atoms with Crippen molar-refractivity contribution in [2.75, 3.05) is 18.0 Å². The molecule has 0 amide bonds. The number of alkyl halides is 3. The Morgan fingerprint density at radius 2 is 2.05 bits per heavy atom. The number of aliphatic carboxylic acids is 1. The number of halogens is 3. The summed E-state index contributed by atoms with van der Waals surface area (Å²) in [5.74, 6) is -1.32. The van der Waals surface area contributed by atoms with Crippen molar-refractivity contribution >= 4 is 33.4 Å². The van der Waals surface area contributed by atoms with Crippen LogP contribution in [0.3, 0.4) is 0 Å². The second-order valence-electron chi connectivity index (χ2n) is 3.87. The zero-order chi connectivity index (χ0) is 14.0. The lowest BCUT2D eigenvalue weighted by atomic mass is 10.2. The van der Waals surface area contributed by atoms with E-state index in [2.05, 4.69) is 4.37 Å². The maximum Gasteiger partial charge on any atom is 0.405 e. The molecule has 0 atom stereocenters. The molecule has 0 aliphatic rings. The van der Waals surface area contributed by atoms with Gasteiger partial charge in [-0.15, -0.1) is 0 Å². The van der Waals surface area contributed by atoms with Gasteiger partial charge in [0, 0.05) is 5.39 Å². The van der Waals surface area contributed by atoms with E-state index in [0.717, 1.165) is 16.4 Å². The van der Waals surface area contributed by atoms with E-state index in [1.807, 2.05) is 0 Å². The molecule has 1 N–H and O–H groups in total. The number of carboxylic acid groups (broad SMARTS) is 1. The normalized spacial score (nSPS) is 11.7. The minimum Gasteiger partial charge on any atom is -0.480 e. The van der Waals surface area contributed by atoms with Crippen LogP contribution in [0, 0.1) is 0 Å². The molecule has 1 heterocycles. The predicted octanol–water partition coefficient (Wildman–Crippen LogP) is 2.75. The minimum absolute atomic E-state index is 0.218. The molecular weight excluding hydrogens is 281 g/mol. The fourth-order valence-corrected chi connectivity index (χ4v) is 2.54. The smallest absolute Gasteiger partial charge is 0.405 e. The molecule has 0 spiro atoms. The molecular formula is C11H9F3N2O2S. The van der Waals surface area contributed by atoms with Crippen LogP contribution in [0.15, 0.2) is 24.3 Å². The first-order valence-electron chi connectivity index (χ1n) is 5.25. The van der Waals surface area contributed by atoms with Crippen molar-refractivity contribution in [3.8, 4) is 0 Å². The molecule has 0 aliphatic carbocycles. The van der Waals surface area contributed by atoms with Gasteiger partial charge in [0.2, 0.25) is 0 Å². The van der Waals surface area contributed by atoms with Gasteiger partial charge in [-0.25, -0.2) is 0 Å². The summed E-state index contributed by atoms with van der Waals surface area (Å²) >= 11 is 0.866. The summed E-state index contributed by atoms with van der Waals surface area (Å²) in [6.45, 7) is -2.03. The van der Waals surface area contributed by atoms with Crippen LogP contribution in [0.5, 0.6) is 0 Å². The van der Waals surface area contributed by atoms with Gasteiger partial charge in [-0.2, -0.15) is 17.5 Å². The highest BCUT2D eigenvalue weighted by Crippen LogP contribution is 2.32. The second kappa shape index (κ2) is 5.04. The van der Waals surface area contributed by atoms with Crippen molar-refractivity contribution in [1.82, 2.24) is 4.37 Å². The lowest BCUT2D eigenvalue weighted by Crippen LogP contribution is -2.37. The average molecular weight is 290 g/mol. The molecule has 0 radical (unpaired) electrons. The zero-order valence-corrected chi connectivity index (χ0v) is 10.3. The Morgan fingerprint density at radius 1 is 1.37 bits per heavy atom. The van der Waals surface area contributed by atoms with Crippen molar-refractivity contribution in [2.24, 2.45) is 0 Å². The van der Waals surface area contributed by atoms with Gasteiger partial charge >= 0.3 is 12.1 Å². The third-order valence-corrected chi connectivity index (χ3v) is 3.29. The van der Waals surface area contributed by atoms with Crippen LogP contribution in [-0.2, 0) is 4.79 Å². The van der Waals surface area contributed by atoms with Crippen LogP contribution in [0.1, 0.15) is 0 Å². The number of nitrogens with zero attached hydrogens (tertiary/aromatic N) is 2. The molecule has 0 aliphatic heterocycles. The first kappa shape index (κ1) is 13.6. The molecule has 0 bridgehead atoms. The molecule has 2 rings (SSSR count). The van der Waals surface area contributed by atoms with Crippen LogP contribution < -0.4 is 4.90 Å². The number of hydrogen-bond donors (Lipinski definition) is 1. The maximum absolute atomic E-state index is 12.5.